The van der Waals surface area contributed by atoms with Crippen LogP contribution in [0, 0.1) is 5.41 Å². The van der Waals surface area contributed by atoms with Crippen LogP contribution in [0.2, 0.25) is 0 Å². The highest BCUT2D eigenvalue weighted by Gasteiger charge is 2.15. The summed E-state index contributed by atoms with van der Waals surface area (Å²) in [5.74, 6) is 0.136. The third-order valence-corrected chi connectivity index (χ3v) is 2.13. The average Bonchev–Trinajstić information content (AvgIpc) is 1.95. The van der Waals surface area contributed by atoms with Crippen LogP contribution in [0.25, 0.3) is 0 Å². The second kappa shape index (κ2) is 5.38. The zero-order chi connectivity index (χ0) is 10.5. The number of hydrogen-bond donors (Lipinski definition) is 0. The minimum absolute atomic E-state index is 0.136. The van der Waals surface area contributed by atoms with Gasteiger partial charge in [0, 0.05) is 7.11 Å². The normalized spacial score (nSPS) is 14.2. The highest BCUT2D eigenvalue weighted by molar-refractivity contribution is 5.80. The zero-order valence-electron chi connectivity index (χ0n) is 9.52. The summed E-state index contributed by atoms with van der Waals surface area (Å²) in [7, 11) is 1.60. The fraction of sp³-hybridized carbons (Fsp3) is 0.909. The van der Waals surface area contributed by atoms with Crippen molar-refractivity contribution in [2.24, 2.45) is 5.41 Å². The van der Waals surface area contributed by atoms with Crippen molar-refractivity contribution in [1.82, 2.24) is 0 Å². The molecule has 0 fully saturated rings. The van der Waals surface area contributed by atoms with Crippen molar-refractivity contribution >= 4 is 5.78 Å². The smallest absolute Gasteiger partial charge is 0.158 e. The van der Waals surface area contributed by atoms with Crippen molar-refractivity contribution < 1.29 is 9.53 Å². The van der Waals surface area contributed by atoms with Crippen LogP contribution in [0.1, 0.15) is 47.0 Å². The highest BCUT2D eigenvalue weighted by atomic mass is 16.5. The molecule has 0 aromatic rings. The van der Waals surface area contributed by atoms with Crippen LogP contribution in [-0.4, -0.2) is 19.0 Å². The van der Waals surface area contributed by atoms with E-state index in [-0.39, 0.29) is 11.9 Å². The summed E-state index contributed by atoms with van der Waals surface area (Å²) in [5.41, 5.74) is 0.356. The Hall–Kier alpha value is -0.370. The summed E-state index contributed by atoms with van der Waals surface area (Å²) in [5, 5.41) is 0. The van der Waals surface area contributed by atoms with Crippen LogP contribution in [0.15, 0.2) is 0 Å². The predicted molar refractivity (Wildman–Crippen MR) is 54.8 cm³/mol. The van der Waals surface area contributed by atoms with E-state index in [0.717, 1.165) is 19.3 Å². The molecule has 0 aromatic heterocycles. The van der Waals surface area contributed by atoms with Crippen LogP contribution in [0.4, 0.5) is 0 Å². The lowest BCUT2D eigenvalue weighted by Crippen LogP contribution is -2.20. The van der Waals surface area contributed by atoms with E-state index in [9.17, 15) is 4.79 Å². The van der Waals surface area contributed by atoms with E-state index in [1.54, 1.807) is 14.0 Å². The molecule has 0 aliphatic carbocycles. The number of ether oxygens (including phenoxy) is 1. The topological polar surface area (TPSA) is 26.3 Å². The maximum absolute atomic E-state index is 11.0. The molecule has 1 atom stereocenters. The van der Waals surface area contributed by atoms with Gasteiger partial charge < -0.3 is 4.74 Å². The van der Waals surface area contributed by atoms with Crippen molar-refractivity contribution in [3.8, 4) is 0 Å². The summed E-state index contributed by atoms with van der Waals surface area (Å²) >= 11 is 0. The molecule has 13 heavy (non-hydrogen) atoms. The lowest BCUT2D eigenvalue weighted by atomic mass is 9.89. The summed E-state index contributed by atoms with van der Waals surface area (Å²) in [6.07, 6.45) is 2.85. The van der Waals surface area contributed by atoms with Crippen molar-refractivity contribution in [3.63, 3.8) is 0 Å². The summed E-state index contributed by atoms with van der Waals surface area (Å²) < 4.78 is 5.08. The van der Waals surface area contributed by atoms with Crippen molar-refractivity contribution in [3.05, 3.63) is 0 Å². The van der Waals surface area contributed by atoms with E-state index < -0.39 is 0 Å². The molecule has 0 heterocycles. The van der Waals surface area contributed by atoms with E-state index in [4.69, 9.17) is 4.74 Å². The maximum Gasteiger partial charge on any atom is 0.158 e. The molecule has 0 amide bonds. The second-order valence-corrected chi connectivity index (χ2v) is 4.79. The van der Waals surface area contributed by atoms with Crippen LogP contribution >= 0.6 is 0 Å². The first-order chi connectivity index (χ1) is 5.87. The van der Waals surface area contributed by atoms with Gasteiger partial charge in [0.05, 0.1) is 0 Å². The molecule has 0 radical (unpaired) electrons. The van der Waals surface area contributed by atoms with Gasteiger partial charge in [-0.05, 0) is 31.6 Å². The van der Waals surface area contributed by atoms with Gasteiger partial charge in [-0.3, -0.25) is 4.79 Å². The molecule has 78 valence electrons. The van der Waals surface area contributed by atoms with Gasteiger partial charge in [0.2, 0.25) is 0 Å². The van der Waals surface area contributed by atoms with Crippen LogP contribution in [0.5, 0.6) is 0 Å². The van der Waals surface area contributed by atoms with E-state index in [0.29, 0.717) is 5.41 Å². The molecule has 0 spiro atoms. The predicted octanol–water partition coefficient (Wildman–Crippen LogP) is 2.81. The Balaban J connectivity index is 3.68. The molecule has 2 heteroatoms. The molecule has 0 bridgehead atoms. The largest absolute Gasteiger partial charge is 0.374 e. The number of ketones is 1. The van der Waals surface area contributed by atoms with Crippen LogP contribution in [0.3, 0.4) is 0 Å². The molecular formula is C11H22O2. The van der Waals surface area contributed by atoms with E-state index in [1.807, 2.05) is 0 Å². The van der Waals surface area contributed by atoms with E-state index in [2.05, 4.69) is 20.8 Å². The lowest BCUT2D eigenvalue weighted by Gasteiger charge is -2.19. The molecule has 0 saturated carbocycles. The zero-order valence-corrected chi connectivity index (χ0v) is 9.52. The standard InChI is InChI=1S/C11H22O2/c1-9(12)10(13-5)7-6-8-11(2,3)4/h10H,6-8H2,1-5H3. The lowest BCUT2D eigenvalue weighted by molar-refractivity contribution is -0.127. The molecular weight excluding hydrogens is 164 g/mol. The molecule has 0 aliphatic rings. The van der Waals surface area contributed by atoms with E-state index in [1.165, 1.54) is 0 Å². The minimum atomic E-state index is -0.192. The molecule has 0 aromatic carbocycles. The van der Waals surface area contributed by atoms with Gasteiger partial charge in [0.25, 0.3) is 0 Å². The first kappa shape index (κ1) is 12.6. The summed E-state index contributed by atoms with van der Waals surface area (Å²) in [6, 6.07) is 0. The second-order valence-electron chi connectivity index (χ2n) is 4.79. The Kier molecular flexibility index (Phi) is 5.23. The minimum Gasteiger partial charge on any atom is -0.374 e. The number of Topliss-reactive ketones (excluding diaryl/α,β-unsaturated/α-hetero) is 1. The third kappa shape index (κ3) is 6.76. The Morgan fingerprint density at radius 1 is 1.38 bits per heavy atom. The summed E-state index contributed by atoms with van der Waals surface area (Å²) in [6.45, 7) is 8.22. The molecule has 0 rings (SSSR count). The Bertz CT molecular complexity index is 156. The molecule has 0 N–H and O–H groups in total. The third-order valence-electron chi connectivity index (χ3n) is 2.13. The number of carbonyl (C=O) groups excluding carboxylic acids is 1. The Morgan fingerprint density at radius 3 is 2.23 bits per heavy atom. The number of methoxy groups -OCH3 is 1. The monoisotopic (exact) mass is 186 g/mol. The fourth-order valence-electron chi connectivity index (χ4n) is 1.30. The maximum atomic E-state index is 11.0. The van der Waals surface area contributed by atoms with Crippen molar-refractivity contribution in [2.45, 2.75) is 53.1 Å². The first-order valence-corrected chi connectivity index (χ1v) is 4.90. The average molecular weight is 186 g/mol. The number of carbonyl (C=O) groups is 1. The highest BCUT2D eigenvalue weighted by Crippen LogP contribution is 2.22. The Labute approximate surface area is 81.7 Å². The summed E-state index contributed by atoms with van der Waals surface area (Å²) in [4.78, 5) is 11.0. The molecule has 0 saturated heterocycles. The van der Waals surface area contributed by atoms with E-state index >= 15 is 0 Å². The van der Waals surface area contributed by atoms with Gasteiger partial charge in [-0.1, -0.05) is 20.8 Å². The molecule has 0 aliphatic heterocycles. The van der Waals surface area contributed by atoms with Crippen molar-refractivity contribution in [1.29, 1.82) is 0 Å². The number of hydrogen-bond acceptors (Lipinski definition) is 2. The molecule has 1 unspecified atom stereocenters. The van der Waals surface area contributed by atoms with Gasteiger partial charge >= 0.3 is 0 Å². The first-order valence-electron chi connectivity index (χ1n) is 4.90. The Morgan fingerprint density at radius 2 is 1.92 bits per heavy atom. The van der Waals surface area contributed by atoms with Crippen LogP contribution < -0.4 is 0 Å². The molecule has 2 nitrogen and oxygen atoms in total. The quantitative estimate of drug-likeness (QED) is 0.660. The SMILES string of the molecule is COC(CCCC(C)(C)C)C(C)=O. The van der Waals surface area contributed by atoms with Gasteiger partial charge in [0.15, 0.2) is 5.78 Å². The fourth-order valence-corrected chi connectivity index (χ4v) is 1.30. The van der Waals surface area contributed by atoms with Gasteiger partial charge in [-0.15, -0.1) is 0 Å². The number of rotatable bonds is 5. The van der Waals surface area contributed by atoms with Gasteiger partial charge in [-0.25, -0.2) is 0 Å². The van der Waals surface area contributed by atoms with Gasteiger partial charge in [0.1, 0.15) is 6.10 Å². The van der Waals surface area contributed by atoms with Gasteiger partial charge in [-0.2, -0.15) is 0 Å². The van der Waals surface area contributed by atoms with Crippen molar-refractivity contribution in [2.75, 3.05) is 7.11 Å². The van der Waals surface area contributed by atoms with Crippen LogP contribution in [-0.2, 0) is 9.53 Å².